The summed E-state index contributed by atoms with van der Waals surface area (Å²) in [6.07, 6.45) is 0. The number of hydrogen-bond acceptors (Lipinski definition) is 3. The molecule has 0 aliphatic heterocycles. The van der Waals surface area contributed by atoms with Gasteiger partial charge in [0.2, 0.25) is 0 Å². The lowest BCUT2D eigenvalue weighted by Gasteiger charge is -2.25. The molecule has 2 atom stereocenters. The van der Waals surface area contributed by atoms with E-state index in [1.165, 1.54) is 4.90 Å². The van der Waals surface area contributed by atoms with Crippen LogP contribution in [-0.2, 0) is 0 Å². The fourth-order valence-electron chi connectivity index (χ4n) is 1.37. The number of rotatable bonds is 4. The molecule has 2 unspecified atom stereocenters. The summed E-state index contributed by atoms with van der Waals surface area (Å²) in [4.78, 5) is 13.3. The SMILES string of the molecule is Cc1ccc(C(C)NC(=O)N(C)C(C)CO)o1. The van der Waals surface area contributed by atoms with Crippen LogP contribution in [0.25, 0.3) is 0 Å². The zero-order valence-electron chi connectivity index (χ0n) is 10.7. The molecule has 0 radical (unpaired) electrons. The van der Waals surface area contributed by atoms with Crippen LogP contribution in [0, 0.1) is 6.92 Å². The van der Waals surface area contributed by atoms with E-state index < -0.39 is 0 Å². The van der Waals surface area contributed by atoms with Crippen LogP contribution < -0.4 is 5.32 Å². The summed E-state index contributed by atoms with van der Waals surface area (Å²) in [5.74, 6) is 1.54. The molecule has 0 aromatic carbocycles. The fraction of sp³-hybridized carbons (Fsp3) is 0.583. The second-order valence-electron chi connectivity index (χ2n) is 4.26. The van der Waals surface area contributed by atoms with Gasteiger partial charge in [-0.1, -0.05) is 0 Å². The molecule has 1 aromatic rings. The molecule has 0 aliphatic rings. The second-order valence-corrected chi connectivity index (χ2v) is 4.26. The van der Waals surface area contributed by atoms with Crippen LogP contribution in [0.4, 0.5) is 4.79 Å². The highest BCUT2D eigenvalue weighted by molar-refractivity contribution is 5.74. The normalized spacial score (nSPS) is 14.2. The van der Waals surface area contributed by atoms with E-state index in [1.807, 2.05) is 26.0 Å². The van der Waals surface area contributed by atoms with Gasteiger partial charge in [-0.2, -0.15) is 0 Å². The van der Waals surface area contributed by atoms with Crippen molar-refractivity contribution in [1.82, 2.24) is 10.2 Å². The minimum Gasteiger partial charge on any atom is -0.464 e. The predicted octanol–water partition coefficient (Wildman–Crippen LogP) is 1.67. The van der Waals surface area contributed by atoms with Crippen molar-refractivity contribution in [3.8, 4) is 0 Å². The van der Waals surface area contributed by atoms with Crippen LogP contribution in [0.2, 0.25) is 0 Å². The number of urea groups is 1. The lowest BCUT2D eigenvalue weighted by Crippen LogP contribution is -2.44. The molecule has 1 rings (SSSR count). The Labute approximate surface area is 101 Å². The van der Waals surface area contributed by atoms with Crippen molar-refractivity contribution in [3.63, 3.8) is 0 Å². The van der Waals surface area contributed by atoms with Crippen LogP contribution in [0.1, 0.15) is 31.4 Å². The minimum atomic E-state index is -0.229. The summed E-state index contributed by atoms with van der Waals surface area (Å²) in [7, 11) is 1.65. The van der Waals surface area contributed by atoms with E-state index in [0.29, 0.717) is 0 Å². The Hall–Kier alpha value is -1.49. The zero-order valence-corrected chi connectivity index (χ0v) is 10.7. The third-order valence-corrected chi connectivity index (χ3v) is 2.77. The number of likely N-dealkylation sites (N-methyl/N-ethyl adjacent to an activating group) is 1. The molecule has 1 aromatic heterocycles. The van der Waals surface area contributed by atoms with Gasteiger partial charge in [-0.15, -0.1) is 0 Å². The second kappa shape index (κ2) is 5.72. The third-order valence-electron chi connectivity index (χ3n) is 2.77. The average Bonchev–Trinajstić information content (AvgIpc) is 2.73. The Balaban J connectivity index is 2.57. The lowest BCUT2D eigenvalue weighted by molar-refractivity contribution is 0.154. The van der Waals surface area contributed by atoms with E-state index in [9.17, 15) is 4.79 Å². The molecule has 2 amide bonds. The Morgan fingerprint density at radius 3 is 2.65 bits per heavy atom. The first-order valence-electron chi connectivity index (χ1n) is 5.66. The van der Waals surface area contributed by atoms with Crippen LogP contribution in [0.5, 0.6) is 0 Å². The quantitative estimate of drug-likeness (QED) is 0.841. The highest BCUT2D eigenvalue weighted by Crippen LogP contribution is 2.15. The maximum atomic E-state index is 11.8. The van der Waals surface area contributed by atoms with Crippen LogP contribution in [0.3, 0.4) is 0 Å². The van der Waals surface area contributed by atoms with Crippen molar-refractivity contribution in [3.05, 3.63) is 23.7 Å². The van der Waals surface area contributed by atoms with E-state index in [1.54, 1.807) is 14.0 Å². The molecule has 0 saturated heterocycles. The smallest absolute Gasteiger partial charge is 0.318 e. The monoisotopic (exact) mass is 240 g/mol. The van der Waals surface area contributed by atoms with Crippen molar-refractivity contribution in [2.24, 2.45) is 0 Å². The van der Waals surface area contributed by atoms with E-state index in [4.69, 9.17) is 9.52 Å². The van der Waals surface area contributed by atoms with Gasteiger partial charge < -0.3 is 19.7 Å². The molecule has 5 heteroatoms. The number of nitrogens with zero attached hydrogens (tertiary/aromatic N) is 1. The van der Waals surface area contributed by atoms with Gasteiger partial charge in [0.25, 0.3) is 0 Å². The van der Waals surface area contributed by atoms with E-state index >= 15 is 0 Å². The van der Waals surface area contributed by atoms with E-state index in [0.717, 1.165) is 11.5 Å². The summed E-state index contributed by atoms with van der Waals surface area (Å²) in [6.45, 7) is 5.44. The van der Waals surface area contributed by atoms with Gasteiger partial charge in [0.15, 0.2) is 0 Å². The van der Waals surface area contributed by atoms with Gasteiger partial charge in [0, 0.05) is 7.05 Å². The molecule has 0 fully saturated rings. The number of carbonyl (C=O) groups excluding carboxylic acids is 1. The van der Waals surface area contributed by atoms with Crippen molar-refractivity contribution in [1.29, 1.82) is 0 Å². The summed E-state index contributed by atoms with van der Waals surface area (Å²) in [6, 6.07) is 3.08. The number of aliphatic hydroxyl groups excluding tert-OH is 1. The third kappa shape index (κ3) is 3.49. The number of aliphatic hydroxyl groups is 1. The summed E-state index contributed by atoms with van der Waals surface area (Å²) in [5, 5.41) is 11.8. The number of nitrogens with one attached hydrogen (secondary N) is 1. The number of furan rings is 1. The largest absolute Gasteiger partial charge is 0.464 e. The Morgan fingerprint density at radius 1 is 1.53 bits per heavy atom. The molecule has 0 spiro atoms. The molecular weight excluding hydrogens is 220 g/mol. The molecule has 0 aliphatic carbocycles. The number of carbonyl (C=O) groups is 1. The van der Waals surface area contributed by atoms with Gasteiger partial charge >= 0.3 is 6.03 Å². The fourth-order valence-corrected chi connectivity index (χ4v) is 1.37. The summed E-state index contributed by atoms with van der Waals surface area (Å²) >= 11 is 0. The van der Waals surface area contributed by atoms with Crippen molar-refractivity contribution >= 4 is 6.03 Å². The van der Waals surface area contributed by atoms with Gasteiger partial charge in [-0.05, 0) is 32.9 Å². The molecule has 2 N–H and O–H groups in total. The molecule has 1 heterocycles. The van der Waals surface area contributed by atoms with Crippen molar-refractivity contribution < 1.29 is 14.3 Å². The summed E-state index contributed by atoms with van der Waals surface area (Å²) in [5.41, 5.74) is 0. The first-order chi connectivity index (χ1) is 7.95. The van der Waals surface area contributed by atoms with Crippen LogP contribution in [0.15, 0.2) is 16.5 Å². The molecule has 5 nitrogen and oxygen atoms in total. The first-order valence-corrected chi connectivity index (χ1v) is 5.66. The molecular formula is C12H20N2O3. The standard InChI is InChI=1S/C12H20N2O3/c1-8(7-15)14(4)12(16)13-10(3)11-6-5-9(2)17-11/h5-6,8,10,15H,7H2,1-4H3,(H,13,16). The Morgan fingerprint density at radius 2 is 2.18 bits per heavy atom. The Kier molecular flexibility index (Phi) is 4.57. The Bertz CT molecular complexity index is 376. The first kappa shape index (κ1) is 13.6. The van der Waals surface area contributed by atoms with Crippen LogP contribution >= 0.6 is 0 Å². The van der Waals surface area contributed by atoms with Gasteiger partial charge in [0.05, 0.1) is 18.7 Å². The van der Waals surface area contributed by atoms with Gasteiger partial charge in [-0.3, -0.25) is 0 Å². The average molecular weight is 240 g/mol. The van der Waals surface area contributed by atoms with Crippen molar-refractivity contribution in [2.45, 2.75) is 32.9 Å². The molecule has 0 bridgehead atoms. The highest BCUT2D eigenvalue weighted by Gasteiger charge is 2.18. The highest BCUT2D eigenvalue weighted by atomic mass is 16.3. The number of hydrogen-bond donors (Lipinski definition) is 2. The van der Waals surface area contributed by atoms with Gasteiger partial charge in [-0.25, -0.2) is 4.79 Å². The number of amides is 2. The van der Waals surface area contributed by atoms with Crippen LogP contribution in [-0.4, -0.2) is 35.7 Å². The van der Waals surface area contributed by atoms with Crippen molar-refractivity contribution in [2.75, 3.05) is 13.7 Å². The minimum absolute atomic E-state index is 0.0574. The zero-order chi connectivity index (χ0) is 13.0. The molecule has 17 heavy (non-hydrogen) atoms. The van der Waals surface area contributed by atoms with Gasteiger partial charge in [0.1, 0.15) is 11.5 Å². The number of aryl methyl sites for hydroxylation is 1. The summed E-state index contributed by atoms with van der Waals surface area (Å²) < 4.78 is 5.43. The maximum Gasteiger partial charge on any atom is 0.318 e. The van der Waals surface area contributed by atoms with E-state index in [-0.39, 0.29) is 24.7 Å². The molecule has 96 valence electrons. The topological polar surface area (TPSA) is 65.7 Å². The van der Waals surface area contributed by atoms with E-state index in [2.05, 4.69) is 5.32 Å². The maximum absolute atomic E-state index is 11.8. The predicted molar refractivity (Wildman–Crippen MR) is 64.7 cm³/mol. The molecule has 0 saturated carbocycles. The lowest BCUT2D eigenvalue weighted by atomic mass is 10.2.